The molecule has 0 amide bonds. The third-order valence-corrected chi connectivity index (χ3v) is 5.45. The van der Waals surface area contributed by atoms with Crippen LogP contribution in [-0.4, -0.2) is 17.6 Å². The second-order valence-electron chi connectivity index (χ2n) is 7.60. The van der Waals surface area contributed by atoms with Crippen molar-refractivity contribution in [3.05, 3.63) is 95.7 Å². The Bertz CT molecular complexity index is 1060. The molecular formula is C25H23NO2. The zero-order valence-electron chi connectivity index (χ0n) is 16.1. The van der Waals surface area contributed by atoms with Crippen LogP contribution in [0.15, 0.2) is 84.6 Å². The predicted octanol–water partition coefficient (Wildman–Crippen LogP) is 5.57. The monoisotopic (exact) mass is 369 g/mol. The molecule has 0 fully saturated rings. The van der Waals surface area contributed by atoms with E-state index in [1.807, 2.05) is 53.5 Å². The molecule has 0 saturated carbocycles. The van der Waals surface area contributed by atoms with Crippen molar-refractivity contribution in [1.82, 2.24) is 0 Å². The van der Waals surface area contributed by atoms with Gasteiger partial charge in [-0.1, -0.05) is 86.7 Å². The summed E-state index contributed by atoms with van der Waals surface area (Å²) >= 11 is 0. The lowest BCUT2D eigenvalue weighted by Gasteiger charge is -2.25. The average molecular weight is 369 g/mol. The molecule has 2 aliphatic carbocycles. The number of benzene rings is 1. The van der Waals surface area contributed by atoms with E-state index in [0.29, 0.717) is 0 Å². The van der Waals surface area contributed by atoms with Gasteiger partial charge in [0, 0.05) is 16.8 Å². The number of carboxylic acids is 1. The quantitative estimate of drug-likeness (QED) is 0.653. The summed E-state index contributed by atoms with van der Waals surface area (Å²) in [4.78, 5) is 13.4. The smallest absolute Gasteiger partial charge is 0.323 e. The number of para-hydroxylation sites is 1. The molecule has 140 valence electrons. The number of hydrogen-bond acceptors (Lipinski definition) is 2. The van der Waals surface area contributed by atoms with Crippen molar-refractivity contribution in [2.45, 2.75) is 19.3 Å². The van der Waals surface area contributed by atoms with E-state index in [1.165, 1.54) is 11.1 Å². The normalized spacial score (nSPS) is 16.8. The second kappa shape index (κ2) is 7.01. The van der Waals surface area contributed by atoms with Gasteiger partial charge in [0.15, 0.2) is 0 Å². The molecule has 0 bridgehead atoms. The minimum Gasteiger partial charge on any atom is -0.480 e. The van der Waals surface area contributed by atoms with Crippen LogP contribution in [0.2, 0.25) is 0 Å². The SMILES string of the molecule is CC1(C)C(=CC=Cc2ccc3cccccc2-3)N(CC(=O)O)c2ccccc21. The van der Waals surface area contributed by atoms with Crippen molar-refractivity contribution in [3.63, 3.8) is 0 Å². The summed E-state index contributed by atoms with van der Waals surface area (Å²) in [6.07, 6.45) is 6.16. The zero-order valence-corrected chi connectivity index (χ0v) is 16.1. The molecule has 0 atom stereocenters. The second-order valence-corrected chi connectivity index (χ2v) is 7.60. The Morgan fingerprint density at radius 3 is 2.57 bits per heavy atom. The van der Waals surface area contributed by atoms with E-state index in [1.54, 1.807) is 0 Å². The highest BCUT2D eigenvalue weighted by Gasteiger charge is 2.40. The zero-order chi connectivity index (χ0) is 19.7. The van der Waals surface area contributed by atoms with E-state index in [0.717, 1.165) is 22.5 Å². The molecule has 1 N–H and O–H groups in total. The summed E-state index contributed by atoms with van der Waals surface area (Å²) in [5.74, 6) is -0.836. The summed E-state index contributed by atoms with van der Waals surface area (Å²) in [5, 5.41) is 9.42. The first-order chi connectivity index (χ1) is 13.5. The minimum atomic E-state index is -0.836. The minimum absolute atomic E-state index is 0.0464. The molecule has 1 aromatic rings. The highest BCUT2D eigenvalue weighted by molar-refractivity contribution is 5.81. The van der Waals surface area contributed by atoms with Gasteiger partial charge in [0.1, 0.15) is 6.54 Å². The maximum atomic E-state index is 11.5. The van der Waals surface area contributed by atoms with Crippen LogP contribution in [0.3, 0.4) is 0 Å². The third-order valence-electron chi connectivity index (χ3n) is 5.45. The van der Waals surface area contributed by atoms with Crippen LogP contribution in [0.1, 0.15) is 25.0 Å². The first kappa shape index (κ1) is 18.1. The molecule has 1 heterocycles. The Kier molecular flexibility index (Phi) is 4.52. The number of hydrogen-bond donors (Lipinski definition) is 1. The van der Waals surface area contributed by atoms with Gasteiger partial charge in [0.25, 0.3) is 0 Å². The maximum Gasteiger partial charge on any atom is 0.323 e. The summed E-state index contributed by atoms with van der Waals surface area (Å²) in [6, 6.07) is 22.6. The van der Waals surface area contributed by atoms with Gasteiger partial charge in [-0.25, -0.2) is 0 Å². The molecule has 3 heteroatoms. The number of anilines is 1. The fraction of sp³-hybridized carbons (Fsp3) is 0.160. The average Bonchev–Trinajstić information content (AvgIpc) is 3.01. The first-order valence-corrected chi connectivity index (χ1v) is 9.44. The number of aliphatic carboxylic acids is 1. The largest absolute Gasteiger partial charge is 0.480 e. The lowest BCUT2D eigenvalue weighted by molar-refractivity contribution is -0.135. The number of fused-ring (bicyclic) bond motifs is 2. The van der Waals surface area contributed by atoms with E-state index in [4.69, 9.17) is 0 Å². The summed E-state index contributed by atoms with van der Waals surface area (Å²) < 4.78 is 0. The van der Waals surface area contributed by atoms with E-state index < -0.39 is 5.97 Å². The molecule has 3 nitrogen and oxygen atoms in total. The summed E-state index contributed by atoms with van der Waals surface area (Å²) in [7, 11) is 0. The van der Waals surface area contributed by atoms with E-state index in [2.05, 4.69) is 50.3 Å². The Morgan fingerprint density at radius 1 is 1.00 bits per heavy atom. The van der Waals surface area contributed by atoms with Gasteiger partial charge in [0.2, 0.25) is 0 Å². The van der Waals surface area contributed by atoms with Crippen molar-refractivity contribution in [2.24, 2.45) is 0 Å². The maximum absolute atomic E-state index is 11.5. The molecule has 0 unspecified atom stereocenters. The molecule has 28 heavy (non-hydrogen) atoms. The van der Waals surface area contributed by atoms with Gasteiger partial charge in [0.05, 0.1) is 0 Å². The Balaban J connectivity index is 1.71. The third kappa shape index (κ3) is 3.09. The predicted molar refractivity (Wildman–Crippen MR) is 115 cm³/mol. The molecule has 0 aromatic heterocycles. The number of carbonyl (C=O) groups is 1. The van der Waals surface area contributed by atoms with Crippen molar-refractivity contribution in [2.75, 3.05) is 11.4 Å². The lowest BCUT2D eigenvalue weighted by atomic mass is 9.84. The molecule has 0 radical (unpaired) electrons. The molecule has 3 aliphatic rings. The molecule has 0 saturated heterocycles. The van der Waals surface area contributed by atoms with E-state index >= 15 is 0 Å². The van der Waals surface area contributed by atoms with Crippen LogP contribution < -0.4 is 4.90 Å². The summed E-state index contributed by atoms with van der Waals surface area (Å²) in [5.41, 5.74) is 6.43. The number of nitrogens with zero attached hydrogens (tertiary/aromatic N) is 1. The Labute approximate surface area is 165 Å². The molecule has 0 spiro atoms. The topological polar surface area (TPSA) is 40.5 Å². The van der Waals surface area contributed by atoms with Crippen molar-refractivity contribution in [3.8, 4) is 11.1 Å². The molecule has 1 aliphatic heterocycles. The van der Waals surface area contributed by atoms with Crippen molar-refractivity contribution in [1.29, 1.82) is 0 Å². The van der Waals surface area contributed by atoms with E-state index in [9.17, 15) is 9.90 Å². The van der Waals surface area contributed by atoms with Gasteiger partial charge in [-0.05, 0) is 34.4 Å². The van der Waals surface area contributed by atoms with E-state index in [-0.39, 0.29) is 12.0 Å². The van der Waals surface area contributed by atoms with Crippen LogP contribution in [0.4, 0.5) is 5.69 Å². The van der Waals surface area contributed by atoms with Crippen LogP contribution in [-0.2, 0) is 10.2 Å². The van der Waals surface area contributed by atoms with Gasteiger partial charge >= 0.3 is 5.97 Å². The molecule has 1 aromatic carbocycles. The van der Waals surface area contributed by atoms with Gasteiger partial charge in [-0.3, -0.25) is 4.79 Å². The van der Waals surface area contributed by atoms with Crippen LogP contribution in [0.5, 0.6) is 0 Å². The highest BCUT2D eigenvalue weighted by Crippen LogP contribution is 2.47. The van der Waals surface area contributed by atoms with Crippen LogP contribution in [0, 0.1) is 0 Å². The lowest BCUT2D eigenvalue weighted by Crippen LogP contribution is -2.30. The summed E-state index contributed by atoms with van der Waals surface area (Å²) in [6.45, 7) is 4.24. The number of allylic oxidation sites excluding steroid dienone is 3. The Hall–Kier alpha value is -3.33. The van der Waals surface area contributed by atoms with Gasteiger partial charge < -0.3 is 10.0 Å². The van der Waals surface area contributed by atoms with Gasteiger partial charge in [-0.15, -0.1) is 0 Å². The highest BCUT2D eigenvalue weighted by atomic mass is 16.4. The van der Waals surface area contributed by atoms with Crippen molar-refractivity contribution < 1.29 is 9.90 Å². The Morgan fingerprint density at radius 2 is 1.75 bits per heavy atom. The number of rotatable bonds is 4. The number of carboxylic acid groups (broad SMARTS) is 1. The molecular weight excluding hydrogens is 346 g/mol. The van der Waals surface area contributed by atoms with Crippen LogP contribution in [0.25, 0.3) is 17.2 Å². The van der Waals surface area contributed by atoms with Crippen LogP contribution >= 0.6 is 0 Å². The standard InChI is InChI=1S/C25H23NO2/c1-25(2)21-12-6-7-13-22(21)26(17-24(27)28)23(25)14-8-10-19-16-15-18-9-4-3-5-11-20(18)19/h3-16H,17H2,1-2H3,(H,27,28). The molecule has 4 rings (SSSR count). The van der Waals surface area contributed by atoms with Crippen molar-refractivity contribution >= 4 is 17.7 Å². The van der Waals surface area contributed by atoms with Gasteiger partial charge in [-0.2, -0.15) is 0 Å². The fourth-order valence-corrected chi connectivity index (χ4v) is 4.07. The first-order valence-electron chi connectivity index (χ1n) is 9.44. The fourth-order valence-electron chi connectivity index (χ4n) is 4.07.